The maximum atomic E-state index is 12.9. The van der Waals surface area contributed by atoms with Crippen LogP contribution in [-0.2, 0) is 28.6 Å². The average Bonchev–Trinajstić information content (AvgIpc) is 3.47. The average molecular weight is 1160 g/mol. The lowest BCUT2D eigenvalue weighted by Gasteiger charge is -2.18. The van der Waals surface area contributed by atoms with Gasteiger partial charge in [0, 0.05) is 19.3 Å². The van der Waals surface area contributed by atoms with E-state index in [2.05, 4.69) is 32.9 Å². The Hall–Kier alpha value is -1.85. The Balaban J connectivity index is 3.90. The summed E-state index contributed by atoms with van der Waals surface area (Å²) in [6.07, 6.45) is 87.5. The molecule has 0 aliphatic heterocycles. The van der Waals surface area contributed by atoms with Gasteiger partial charge in [0.2, 0.25) is 0 Å². The highest BCUT2D eigenvalue weighted by atomic mass is 16.6. The van der Waals surface area contributed by atoms with Crippen LogP contribution in [-0.4, -0.2) is 37.2 Å². The second-order valence-electron chi connectivity index (χ2n) is 25.9. The fourth-order valence-corrected chi connectivity index (χ4v) is 11.9. The molecule has 1 unspecified atom stereocenters. The van der Waals surface area contributed by atoms with Crippen molar-refractivity contribution < 1.29 is 28.6 Å². The number of esters is 3. The molecule has 1 atom stereocenters. The number of carbonyl (C=O) groups is 3. The maximum absolute atomic E-state index is 12.9. The van der Waals surface area contributed by atoms with E-state index in [1.54, 1.807) is 0 Å². The minimum absolute atomic E-state index is 0.0639. The van der Waals surface area contributed by atoms with Crippen LogP contribution in [0.4, 0.5) is 0 Å². The van der Waals surface area contributed by atoms with E-state index in [0.717, 1.165) is 57.8 Å². The zero-order chi connectivity index (χ0) is 59.2. The fraction of sp³-hybridized carbons (Fsp3) is 0.934. The molecule has 0 aromatic carbocycles. The largest absolute Gasteiger partial charge is 0.462 e. The standard InChI is InChI=1S/C76H146O6/c1-4-7-10-13-16-18-20-22-24-26-28-30-32-34-35-36-37-38-39-40-41-43-44-46-48-50-52-54-56-58-60-63-66-69-75(78)81-72-73(71-80-74(77)68-65-62-15-12-9-6-3)82-76(79)70-67-64-61-59-57-55-53-51-49-47-45-42-33-31-29-27-25-23-21-19-17-14-11-8-5-2/h27,29,73H,4-26,28,30-72H2,1-3H3/b29-27-. The first-order valence-electron chi connectivity index (χ1n) is 37.7. The second-order valence-corrected chi connectivity index (χ2v) is 25.9. The van der Waals surface area contributed by atoms with Crippen LogP contribution in [0.25, 0.3) is 0 Å². The molecule has 0 aromatic rings. The Labute approximate surface area is 513 Å². The van der Waals surface area contributed by atoms with Crippen LogP contribution in [0.1, 0.15) is 438 Å². The Morgan fingerprint density at radius 3 is 0.610 bits per heavy atom. The Kier molecular flexibility index (Phi) is 70.0. The third-order valence-corrected chi connectivity index (χ3v) is 17.5. The first kappa shape index (κ1) is 80.2. The molecule has 0 saturated heterocycles. The zero-order valence-electron chi connectivity index (χ0n) is 56.1. The van der Waals surface area contributed by atoms with Gasteiger partial charge in [-0.3, -0.25) is 14.4 Å². The number of rotatable bonds is 71. The van der Waals surface area contributed by atoms with Gasteiger partial charge in [-0.25, -0.2) is 0 Å². The summed E-state index contributed by atoms with van der Waals surface area (Å²) in [4.78, 5) is 38.1. The van der Waals surface area contributed by atoms with Crippen LogP contribution in [0.2, 0.25) is 0 Å². The molecule has 0 amide bonds. The summed E-state index contributed by atoms with van der Waals surface area (Å²) in [5.74, 6) is -0.842. The van der Waals surface area contributed by atoms with Crippen molar-refractivity contribution >= 4 is 17.9 Å². The van der Waals surface area contributed by atoms with Gasteiger partial charge in [0.1, 0.15) is 13.2 Å². The third-order valence-electron chi connectivity index (χ3n) is 17.5. The molecule has 6 heteroatoms. The van der Waals surface area contributed by atoms with E-state index in [9.17, 15) is 14.4 Å². The van der Waals surface area contributed by atoms with E-state index in [1.807, 2.05) is 0 Å². The van der Waals surface area contributed by atoms with Gasteiger partial charge in [0.25, 0.3) is 0 Å². The maximum Gasteiger partial charge on any atom is 0.306 e. The molecule has 0 spiro atoms. The van der Waals surface area contributed by atoms with E-state index in [-0.39, 0.29) is 31.1 Å². The Bertz CT molecular complexity index is 1280. The molecule has 0 aliphatic carbocycles. The predicted molar refractivity (Wildman–Crippen MR) is 358 cm³/mol. The summed E-state index contributed by atoms with van der Waals surface area (Å²) >= 11 is 0. The Morgan fingerprint density at radius 2 is 0.402 bits per heavy atom. The van der Waals surface area contributed by atoms with Crippen LogP contribution < -0.4 is 0 Å². The molecule has 0 fully saturated rings. The quantitative estimate of drug-likeness (QED) is 0.0261. The van der Waals surface area contributed by atoms with Crippen LogP contribution in [0.3, 0.4) is 0 Å². The summed E-state index contributed by atoms with van der Waals surface area (Å²) in [5, 5.41) is 0. The van der Waals surface area contributed by atoms with Crippen molar-refractivity contribution in [1.82, 2.24) is 0 Å². The molecule has 6 nitrogen and oxygen atoms in total. The SMILES string of the molecule is CCCCCCCCCC/C=C\CCCCCCCCCCCCCCCC(=O)OC(COC(=O)CCCCCCCC)COC(=O)CCCCCCCCCCCCCCCCCCCCCCCCCCCCCCCCCCC. The molecule has 0 bridgehead atoms. The topological polar surface area (TPSA) is 78.9 Å². The number of ether oxygens (including phenoxy) is 3. The molecule has 0 rings (SSSR count). The molecule has 0 saturated carbocycles. The van der Waals surface area contributed by atoms with Gasteiger partial charge in [-0.05, 0) is 44.9 Å². The lowest BCUT2D eigenvalue weighted by atomic mass is 10.0. The number of unbranched alkanes of at least 4 members (excludes halogenated alkanes) is 58. The third kappa shape index (κ3) is 68.9. The van der Waals surface area contributed by atoms with E-state index in [1.165, 1.54) is 340 Å². The van der Waals surface area contributed by atoms with Gasteiger partial charge in [-0.15, -0.1) is 0 Å². The van der Waals surface area contributed by atoms with Gasteiger partial charge in [0.05, 0.1) is 0 Å². The summed E-state index contributed by atoms with van der Waals surface area (Å²) in [6.45, 7) is 6.67. The molecule has 82 heavy (non-hydrogen) atoms. The molecule has 0 aliphatic rings. The first-order valence-corrected chi connectivity index (χ1v) is 37.7. The van der Waals surface area contributed by atoms with Gasteiger partial charge < -0.3 is 14.2 Å². The summed E-state index contributed by atoms with van der Waals surface area (Å²) in [5.41, 5.74) is 0. The zero-order valence-corrected chi connectivity index (χ0v) is 56.1. The highest BCUT2D eigenvalue weighted by Gasteiger charge is 2.20. The van der Waals surface area contributed by atoms with Crippen molar-refractivity contribution in [3.63, 3.8) is 0 Å². The lowest BCUT2D eigenvalue weighted by molar-refractivity contribution is -0.167. The van der Waals surface area contributed by atoms with Crippen molar-refractivity contribution in [2.75, 3.05) is 13.2 Å². The van der Waals surface area contributed by atoms with Crippen molar-refractivity contribution in [2.45, 2.75) is 444 Å². The molecule has 0 heterocycles. The molecular weight excluding hydrogens is 1010 g/mol. The van der Waals surface area contributed by atoms with Gasteiger partial charge in [-0.1, -0.05) is 386 Å². The number of carbonyl (C=O) groups excluding carboxylic acids is 3. The van der Waals surface area contributed by atoms with Crippen LogP contribution in [0, 0.1) is 0 Å². The fourth-order valence-electron chi connectivity index (χ4n) is 11.9. The summed E-state index contributed by atoms with van der Waals surface area (Å²) in [7, 11) is 0. The highest BCUT2D eigenvalue weighted by Crippen LogP contribution is 2.20. The number of hydrogen-bond donors (Lipinski definition) is 0. The monoisotopic (exact) mass is 1160 g/mol. The number of hydrogen-bond acceptors (Lipinski definition) is 6. The summed E-state index contributed by atoms with van der Waals surface area (Å²) < 4.78 is 16.9. The smallest absolute Gasteiger partial charge is 0.306 e. The predicted octanol–water partition coefficient (Wildman–Crippen LogP) is 26.0. The molecule has 0 aromatic heterocycles. The lowest BCUT2D eigenvalue weighted by Crippen LogP contribution is -2.30. The van der Waals surface area contributed by atoms with Gasteiger partial charge >= 0.3 is 17.9 Å². The van der Waals surface area contributed by atoms with Gasteiger partial charge in [0.15, 0.2) is 6.10 Å². The molecule has 486 valence electrons. The minimum Gasteiger partial charge on any atom is -0.462 e. The van der Waals surface area contributed by atoms with Crippen LogP contribution >= 0.6 is 0 Å². The highest BCUT2D eigenvalue weighted by molar-refractivity contribution is 5.71. The van der Waals surface area contributed by atoms with E-state index < -0.39 is 6.10 Å². The van der Waals surface area contributed by atoms with Crippen molar-refractivity contribution in [3.05, 3.63) is 12.2 Å². The minimum atomic E-state index is -0.764. The van der Waals surface area contributed by atoms with E-state index in [0.29, 0.717) is 19.3 Å². The van der Waals surface area contributed by atoms with Crippen LogP contribution in [0.5, 0.6) is 0 Å². The summed E-state index contributed by atoms with van der Waals surface area (Å²) in [6, 6.07) is 0. The number of allylic oxidation sites excluding steroid dienone is 2. The normalized spacial score (nSPS) is 12.0. The van der Waals surface area contributed by atoms with E-state index >= 15 is 0 Å². The molecule has 0 radical (unpaired) electrons. The second kappa shape index (κ2) is 71.6. The van der Waals surface area contributed by atoms with Crippen LogP contribution in [0.15, 0.2) is 12.2 Å². The van der Waals surface area contributed by atoms with Gasteiger partial charge in [-0.2, -0.15) is 0 Å². The van der Waals surface area contributed by atoms with E-state index in [4.69, 9.17) is 14.2 Å². The molecule has 0 N–H and O–H groups in total. The van der Waals surface area contributed by atoms with Crippen molar-refractivity contribution in [1.29, 1.82) is 0 Å². The first-order chi connectivity index (χ1) is 40.5. The van der Waals surface area contributed by atoms with Crippen molar-refractivity contribution in [2.24, 2.45) is 0 Å². The Morgan fingerprint density at radius 1 is 0.232 bits per heavy atom. The molecular formula is C76H146O6. The van der Waals surface area contributed by atoms with Crippen molar-refractivity contribution in [3.8, 4) is 0 Å².